The summed E-state index contributed by atoms with van der Waals surface area (Å²) in [5.41, 5.74) is 1.36. The SMILES string of the molecule is O=CNC(O)N1Cc2c(Br)cccc2C1=O. The number of aliphatic hydroxyl groups excluding tert-OH is 1. The van der Waals surface area contributed by atoms with E-state index < -0.39 is 6.35 Å². The van der Waals surface area contributed by atoms with Gasteiger partial charge in [-0.05, 0) is 17.7 Å². The molecule has 1 unspecified atom stereocenters. The van der Waals surface area contributed by atoms with Crippen molar-refractivity contribution in [1.29, 1.82) is 0 Å². The van der Waals surface area contributed by atoms with E-state index >= 15 is 0 Å². The highest BCUT2D eigenvalue weighted by molar-refractivity contribution is 9.10. The van der Waals surface area contributed by atoms with Crippen molar-refractivity contribution in [2.24, 2.45) is 0 Å². The number of rotatable bonds is 3. The van der Waals surface area contributed by atoms with Crippen molar-refractivity contribution >= 4 is 28.2 Å². The van der Waals surface area contributed by atoms with Crippen molar-refractivity contribution in [2.45, 2.75) is 12.9 Å². The fraction of sp³-hybridized carbons (Fsp3) is 0.200. The first-order valence-electron chi connectivity index (χ1n) is 4.61. The molecule has 0 saturated carbocycles. The Morgan fingerprint density at radius 1 is 1.56 bits per heavy atom. The standard InChI is InChI=1S/C10H9BrN2O3/c11-8-3-1-2-6-7(8)4-13(9(6)15)10(16)12-5-14/h1-3,5,10,16H,4H2,(H,12,14). The van der Waals surface area contributed by atoms with Crippen LogP contribution in [0.25, 0.3) is 0 Å². The molecule has 5 nitrogen and oxygen atoms in total. The highest BCUT2D eigenvalue weighted by atomic mass is 79.9. The zero-order chi connectivity index (χ0) is 11.7. The molecule has 1 aromatic carbocycles. The molecule has 16 heavy (non-hydrogen) atoms. The van der Waals surface area contributed by atoms with Gasteiger partial charge in [0.1, 0.15) is 0 Å². The van der Waals surface area contributed by atoms with Crippen molar-refractivity contribution < 1.29 is 14.7 Å². The topological polar surface area (TPSA) is 69.6 Å². The Morgan fingerprint density at radius 3 is 2.94 bits per heavy atom. The highest BCUT2D eigenvalue weighted by Gasteiger charge is 2.32. The summed E-state index contributed by atoms with van der Waals surface area (Å²) < 4.78 is 0.819. The van der Waals surface area contributed by atoms with E-state index in [-0.39, 0.29) is 12.5 Å². The van der Waals surface area contributed by atoms with Gasteiger partial charge < -0.3 is 10.4 Å². The second-order valence-corrected chi connectivity index (χ2v) is 4.21. The Kier molecular flexibility index (Phi) is 2.93. The number of carbonyl (C=O) groups excluding carboxylic acids is 2. The molecular weight excluding hydrogens is 276 g/mol. The molecule has 2 N–H and O–H groups in total. The maximum Gasteiger partial charge on any atom is 0.258 e. The largest absolute Gasteiger partial charge is 0.356 e. The molecule has 0 aromatic heterocycles. The first-order valence-corrected chi connectivity index (χ1v) is 5.40. The molecule has 6 heteroatoms. The predicted molar refractivity (Wildman–Crippen MR) is 59.2 cm³/mol. The van der Waals surface area contributed by atoms with Crippen LogP contribution < -0.4 is 5.32 Å². The summed E-state index contributed by atoms with van der Waals surface area (Å²) in [5, 5.41) is 11.7. The molecule has 0 saturated heterocycles. The lowest BCUT2D eigenvalue weighted by atomic mass is 10.1. The summed E-state index contributed by atoms with van der Waals surface area (Å²) in [5.74, 6) is -0.293. The average molecular weight is 285 g/mol. The predicted octanol–water partition coefficient (Wildman–Crippen LogP) is 0.427. The molecule has 2 rings (SSSR count). The minimum Gasteiger partial charge on any atom is -0.356 e. The minimum absolute atomic E-state index is 0.275. The van der Waals surface area contributed by atoms with Crippen LogP contribution in [0.15, 0.2) is 22.7 Å². The van der Waals surface area contributed by atoms with Crippen molar-refractivity contribution in [2.75, 3.05) is 0 Å². The smallest absolute Gasteiger partial charge is 0.258 e. The second kappa shape index (κ2) is 4.23. The molecule has 1 aliphatic heterocycles. The minimum atomic E-state index is -1.29. The number of benzene rings is 1. The number of hydrogen-bond acceptors (Lipinski definition) is 3. The maximum absolute atomic E-state index is 11.9. The number of hydrogen-bond donors (Lipinski definition) is 2. The lowest BCUT2D eigenvalue weighted by Gasteiger charge is -2.21. The fourth-order valence-electron chi connectivity index (χ4n) is 1.66. The molecule has 0 aliphatic carbocycles. The van der Waals surface area contributed by atoms with Crippen LogP contribution in [0.5, 0.6) is 0 Å². The summed E-state index contributed by atoms with van der Waals surface area (Å²) >= 11 is 3.34. The molecule has 0 fully saturated rings. The fourth-order valence-corrected chi connectivity index (χ4v) is 2.16. The van der Waals surface area contributed by atoms with E-state index in [1.807, 2.05) is 6.07 Å². The highest BCUT2D eigenvalue weighted by Crippen LogP contribution is 2.29. The van der Waals surface area contributed by atoms with Crippen molar-refractivity contribution in [3.8, 4) is 0 Å². The molecular formula is C10H9BrN2O3. The first-order chi connectivity index (χ1) is 7.65. The van der Waals surface area contributed by atoms with Gasteiger partial charge in [0.2, 0.25) is 12.8 Å². The van der Waals surface area contributed by atoms with Gasteiger partial charge >= 0.3 is 0 Å². The van der Waals surface area contributed by atoms with E-state index in [4.69, 9.17) is 0 Å². The number of aliphatic hydroxyl groups is 1. The van der Waals surface area contributed by atoms with Crippen LogP contribution in [0, 0.1) is 0 Å². The van der Waals surface area contributed by atoms with Gasteiger partial charge in [-0.2, -0.15) is 0 Å². The molecule has 1 aliphatic rings. The van der Waals surface area contributed by atoms with Gasteiger partial charge in [0.05, 0.1) is 6.54 Å². The van der Waals surface area contributed by atoms with Crippen LogP contribution >= 0.6 is 15.9 Å². The van der Waals surface area contributed by atoms with Crippen LogP contribution in [0.4, 0.5) is 0 Å². The van der Waals surface area contributed by atoms with Crippen LogP contribution in [0.2, 0.25) is 0 Å². The van der Waals surface area contributed by atoms with Gasteiger partial charge in [-0.15, -0.1) is 0 Å². The van der Waals surface area contributed by atoms with Crippen molar-refractivity contribution in [1.82, 2.24) is 10.2 Å². The normalized spacial score (nSPS) is 15.9. The lowest BCUT2D eigenvalue weighted by Crippen LogP contribution is -2.45. The van der Waals surface area contributed by atoms with E-state index in [0.717, 1.165) is 10.0 Å². The molecule has 84 valence electrons. The van der Waals surface area contributed by atoms with E-state index in [9.17, 15) is 14.7 Å². The third kappa shape index (κ3) is 1.70. The second-order valence-electron chi connectivity index (χ2n) is 3.36. The van der Waals surface area contributed by atoms with Gasteiger partial charge in [0, 0.05) is 10.0 Å². The van der Waals surface area contributed by atoms with Crippen LogP contribution in [-0.2, 0) is 11.3 Å². The number of amides is 2. The summed E-state index contributed by atoms with van der Waals surface area (Å²) in [4.78, 5) is 23.2. The number of halogens is 1. The Balaban J connectivity index is 2.30. The molecule has 1 heterocycles. The van der Waals surface area contributed by atoms with E-state index in [0.29, 0.717) is 12.0 Å². The van der Waals surface area contributed by atoms with Crippen LogP contribution in [0.3, 0.4) is 0 Å². The summed E-state index contributed by atoms with van der Waals surface area (Å²) in [7, 11) is 0. The zero-order valence-corrected chi connectivity index (χ0v) is 9.77. The zero-order valence-electron chi connectivity index (χ0n) is 8.18. The summed E-state index contributed by atoms with van der Waals surface area (Å²) in [6.07, 6.45) is -0.931. The van der Waals surface area contributed by atoms with Gasteiger partial charge in [-0.25, -0.2) is 0 Å². The third-order valence-corrected chi connectivity index (χ3v) is 3.19. The van der Waals surface area contributed by atoms with E-state index in [1.54, 1.807) is 12.1 Å². The summed E-state index contributed by atoms with van der Waals surface area (Å²) in [6.45, 7) is 0.275. The Morgan fingerprint density at radius 2 is 2.31 bits per heavy atom. The number of nitrogens with one attached hydrogen (secondary N) is 1. The van der Waals surface area contributed by atoms with Gasteiger partial charge in [0.15, 0.2) is 0 Å². The molecule has 1 atom stereocenters. The number of fused-ring (bicyclic) bond motifs is 1. The lowest BCUT2D eigenvalue weighted by molar-refractivity contribution is -0.115. The first kappa shape index (κ1) is 11.1. The molecule has 1 aromatic rings. The Labute approximate surface area is 100 Å². The van der Waals surface area contributed by atoms with E-state index in [2.05, 4.69) is 21.2 Å². The number of carbonyl (C=O) groups is 2. The quantitative estimate of drug-likeness (QED) is 0.625. The average Bonchev–Trinajstić information content (AvgIpc) is 2.59. The Hall–Kier alpha value is -1.40. The Bertz CT molecular complexity index is 450. The number of nitrogens with zero attached hydrogens (tertiary/aromatic N) is 1. The molecule has 0 bridgehead atoms. The molecule has 2 amide bonds. The molecule has 0 spiro atoms. The molecule has 0 radical (unpaired) electrons. The van der Waals surface area contributed by atoms with Gasteiger partial charge in [-0.1, -0.05) is 22.0 Å². The summed E-state index contributed by atoms with van der Waals surface area (Å²) in [6, 6.07) is 5.27. The van der Waals surface area contributed by atoms with Crippen molar-refractivity contribution in [3.63, 3.8) is 0 Å². The van der Waals surface area contributed by atoms with Crippen molar-refractivity contribution in [3.05, 3.63) is 33.8 Å². The maximum atomic E-state index is 11.9. The van der Waals surface area contributed by atoms with Crippen LogP contribution in [-0.4, -0.2) is 28.7 Å². The van der Waals surface area contributed by atoms with Crippen LogP contribution in [0.1, 0.15) is 15.9 Å². The third-order valence-electron chi connectivity index (χ3n) is 2.45. The monoisotopic (exact) mass is 284 g/mol. The van der Waals surface area contributed by atoms with E-state index in [1.165, 1.54) is 4.90 Å². The van der Waals surface area contributed by atoms with Gasteiger partial charge in [-0.3, -0.25) is 14.5 Å². The van der Waals surface area contributed by atoms with Gasteiger partial charge in [0.25, 0.3) is 5.91 Å².